The van der Waals surface area contributed by atoms with Crippen LogP contribution in [0.5, 0.6) is 0 Å². The van der Waals surface area contributed by atoms with Crippen LogP contribution in [-0.2, 0) is 20.0 Å². The molecule has 1 aliphatic rings. The highest BCUT2D eigenvalue weighted by Crippen LogP contribution is 2.29. The van der Waals surface area contributed by atoms with E-state index in [2.05, 4.69) is 24.3 Å². The number of nitrogens with one attached hydrogen (secondary N) is 1. The first-order valence-electron chi connectivity index (χ1n) is 7.02. The summed E-state index contributed by atoms with van der Waals surface area (Å²) in [5, 5.41) is 8.81. The largest absolute Gasteiger partial charge is 0.311 e. The lowest BCUT2D eigenvalue weighted by Gasteiger charge is -2.11. The molecular formula is C14H24ClN3. The Morgan fingerprint density at radius 2 is 2.22 bits per heavy atom. The van der Waals surface area contributed by atoms with E-state index in [1.807, 2.05) is 11.7 Å². The minimum atomic E-state index is 0.827. The Morgan fingerprint density at radius 1 is 1.44 bits per heavy atom. The van der Waals surface area contributed by atoms with Crippen molar-refractivity contribution >= 4 is 11.6 Å². The highest BCUT2D eigenvalue weighted by atomic mass is 35.5. The van der Waals surface area contributed by atoms with Crippen LogP contribution in [0.25, 0.3) is 0 Å². The van der Waals surface area contributed by atoms with Crippen LogP contribution in [-0.4, -0.2) is 16.3 Å². The number of hydrogen-bond donors (Lipinski definition) is 1. The second-order valence-electron chi connectivity index (χ2n) is 5.60. The number of aromatic nitrogens is 2. The van der Waals surface area contributed by atoms with Crippen molar-refractivity contribution in [2.75, 3.05) is 6.54 Å². The predicted molar refractivity (Wildman–Crippen MR) is 75.8 cm³/mol. The molecule has 0 aliphatic heterocycles. The van der Waals surface area contributed by atoms with Gasteiger partial charge in [-0.1, -0.05) is 31.9 Å². The minimum absolute atomic E-state index is 0.827. The Kier molecular flexibility index (Phi) is 4.68. The SMILES string of the molecule is CCc1nn(C)c(CNCC2CCC(C)C2)c1Cl. The van der Waals surface area contributed by atoms with Crippen molar-refractivity contribution in [3.8, 4) is 0 Å². The van der Waals surface area contributed by atoms with Crippen LogP contribution in [0, 0.1) is 11.8 Å². The fraction of sp³-hybridized carbons (Fsp3) is 0.786. The van der Waals surface area contributed by atoms with E-state index >= 15 is 0 Å². The Morgan fingerprint density at radius 3 is 2.78 bits per heavy atom. The van der Waals surface area contributed by atoms with Gasteiger partial charge in [0.1, 0.15) is 0 Å². The Bertz CT molecular complexity index is 400. The maximum Gasteiger partial charge on any atom is 0.0863 e. The lowest BCUT2D eigenvalue weighted by molar-refractivity contribution is 0.465. The van der Waals surface area contributed by atoms with Gasteiger partial charge in [-0.3, -0.25) is 4.68 Å². The summed E-state index contributed by atoms with van der Waals surface area (Å²) < 4.78 is 1.91. The predicted octanol–water partition coefficient (Wildman–Crippen LogP) is 3.16. The van der Waals surface area contributed by atoms with Crippen molar-refractivity contribution < 1.29 is 0 Å². The van der Waals surface area contributed by atoms with Gasteiger partial charge >= 0.3 is 0 Å². The van der Waals surface area contributed by atoms with Gasteiger partial charge in [0.25, 0.3) is 0 Å². The van der Waals surface area contributed by atoms with Gasteiger partial charge in [-0.2, -0.15) is 5.10 Å². The standard InChI is InChI=1S/C14H24ClN3/c1-4-12-14(15)13(18(3)17-12)9-16-8-11-6-5-10(2)7-11/h10-11,16H,4-9H2,1-3H3. The normalized spacial score (nSPS) is 23.8. The molecule has 0 amide bonds. The van der Waals surface area contributed by atoms with Gasteiger partial charge in [-0.15, -0.1) is 0 Å². The van der Waals surface area contributed by atoms with E-state index in [1.165, 1.54) is 19.3 Å². The average Bonchev–Trinajstić information content (AvgIpc) is 2.86. The number of aryl methyl sites for hydroxylation is 2. The Hall–Kier alpha value is -0.540. The molecule has 102 valence electrons. The molecule has 2 unspecified atom stereocenters. The molecule has 1 aliphatic carbocycles. The average molecular weight is 270 g/mol. The quantitative estimate of drug-likeness (QED) is 0.890. The molecule has 1 aromatic heterocycles. The molecule has 18 heavy (non-hydrogen) atoms. The smallest absolute Gasteiger partial charge is 0.0863 e. The van der Waals surface area contributed by atoms with E-state index in [0.29, 0.717) is 0 Å². The molecule has 2 atom stereocenters. The molecule has 0 bridgehead atoms. The molecule has 4 heteroatoms. The van der Waals surface area contributed by atoms with Gasteiger partial charge in [0.05, 0.1) is 16.4 Å². The van der Waals surface area contributed by atoms with Crippen molar-refractivity contribution in [2.45, 2.75) is 46.1 Å². The molecule has 0 saturated heterocycles. The van der Waals surface area contributed by atoms with E-state index in [1.54, 1.807) is 0 Å². The molecule has 1 fully saturated rings. The third-order valence-electron chi connectivity index (χ3n) is 4.03. The van der Waals surface area contributed by atoms with Gasteiger partial charge in [0.15, 0.2) is 0 Å². The zero-order valence-corrected chi connectivity index (χ0v) is 12.4. The number of halogens is 1. The summed E-state index contributed by atoms with van der Waals surface area (Å²) in [6.07, 6.45) is 5.02. The molecule has 3 nitrogen and oxygen atoms in total. The van der Waals surface area contributed by atoms with E-state index in [-0.39, 0.29) is 0 Å². The van der Waals surface area contributed by atoms with Crippen LogP contribution in [0.4, 0.5) is 0 Å². The molecule has 1 saturated carbocycles. The molecule has 0 spiro atoms. The summed E-state index contributed by atoms with van der Waals surface area (Å²) in [6, 6.07) is 0. The summed E-state index contributed by atoms with van der Waals surface area (Å²) in [7, 11) is 1.97. The van der Waals surface area contributed by atoms with Crippen molar-refractivity contribution in [3.63, 3.8) is 0 Å². The molecule has 2 rings (SSSR count). The summed E-state index contributed by atoms with van der Waals surface area (Å²) in [5.41, 5.74) is 2.12. The first-order valence-corrected chi connectivity index (χ1v) is 7.40. The van der Waals surface area contributed by atoms with Crippen LogP contribution in [0.3, 0.4) is 0 Å². The van der Waals surface area contributed by atoms with Gasteiger partial charge in [-0.25, -0.2) is 0 Å². The molecule has 1 aromatic rings. The zero-order valence-electron chi connectivity index (χ0n) is 11.7. The van der Waals surface area contributed by atoms with Crippen molar-refractivity contribution in [1.29, 1.82) is 0 Å². The van der Waals surface area contributed by atoms with Gasteiger partial charge in [0, 0.05) is 13.6 Å². The van der Waals surface area contributed by atoms with Crippen LogP contribution in [0.15, 0.2) is 0 Å². The summed E-state index contributed by atoms with van der Waals surface area (Å²) in [4.78, 5) is 0. The Balaban J connectivity index is 1.85. The first-order chi connectivity index (χ1) is 8.61. The highest BCUT2D eigenvalue weighted by molar-refractivity contribution is 6.31. The molecule has 1 heterocycles. The van der Waals surface area contributed by atoms with Crippen molar-refractivity contribution in [3.05, 3.63) is 16.4 Å². The molecular weight excluding hydrogens is 246 g/mol. The number of nitrogens with zero attached hydrogens (tertiary/aromatic N) is 2. The second-order valence-corrected chi connectivity index (χ2v) is 5.98. The number of hydrogen-bond acceptors (Lipinski definition) is 2. The second kappa shape index (κ2) is 6.07. The summed E-state index contributed by atoms with van der Waals surface area (Å²) in [5.74, 6) is 1.75. The summed E-state index contributed by atoms with van der Waals surface area (Å²) in [6.45, 7) is 6.37. The van der Waals surface area contributed by atoms with E-state index in [0.717, 1.165) is 47.8 Å². The maximum absolute atomic E-state index is 6.33. The lowest BCUT2D eigenvalue weighted by Crippen LogP contribution is -2.22. The van der Waals surface area contributed by atoms with Crippen LogP contribution >= 0.6 is 11.6 Å². The monoisotopic (exact) mass is 269 g/mol. The minimum Gasteiger partial charge on any atom is -0.311 e. The van der Waals surface area contributed by atoms with Gasteiger partial charge < -0.3 is 5.32 Å². The van der Waals surface area contributed by atoms with E-state index < -0.39 is 0 Å². The maximum atomic E-state index is 6.33. The molecule has 1 N–H and O–H groups in total. The van der Waals surface area contributed by atoms with E-state index in [4.69, 9.17) is 11.6 Å². The molecule has 0 aromatic carbocycles. The third kappa shape index (κ3) is 3.07. The van der Waals surface area contributed by atoms with Crippen LogP contribution < -0.4 is 5.32 Å². The van der Waals surface area contributed by atoms with Crippen LogP contribution in [0.1, 0.15) is 44.5 Å². The third-order valence-corrected chi connectivity index (χ3v) is 4.47. The fourth-order valence-corrected chi connectivity index (χ4v) is 3.28. The van der Waals surface area contributed by atoms with Crippen molar-refractivity contribution in [2.24, 2.45) is 18.9 Å². The fourth-order valence-electron chi connectivity index (χ4n) is 2.92. The van der Waals surface area contributed by atoms with Crippen LogP contribution in [0.2, 0.25) is 5.02 Å². The zero-order chi connectivity index (χ0) is 13.1. The highest BCUT2D eigenvalue weighted by Gasteiger charge is 2.21. The summed E-state index contributed by atoms with van der Waals surface area (Å²) >= 11 is 6.33. The molecule has 0 radical (unpaired) electrons. The number of rotatable bonds is 5. The van der Waals surface area contributed by atoms with Gasteiger partial charge in [-0.05, 0) is 37.6 Å². The Labute approximate surface area is 115 Å². The van der Waals surface area contributed by atoms with E-state index in [9.17, 15) is 0 Å². The lowest BCUT2D eigenvalue weighted by atomic mass is 10.1. The van der Waals surface area contributed by atoms with Gasteiger partial charge in [0.2, 0.25) is 0 Å². The topological polar surface area (TPSA) is 29.9 Å². The van der Waals surface area contributed by atoms with Crippen molar-refractivity contribution in [1.82, 2.24) is 15.1 Å². The first kappa shape index (κ1) is 13.9.